The van der Waals surface area contributed by atoms with Crippen LogP contribution >= 0.6 is 12.6 Å². The molecule has 0 spiro atoms. The molecule has 212 valence electrons. The summed E-state index contributed by atoms with van der Waals surface area (Å²) in [4.78, 5) is 51.1. The first kappa shape index (κ1) is 30.8. The maximum absolute atomic E-state index is 13.4. The monoisotopic (exact) mass is 564 g/mol. The average molecular weight is 565 g/mol. The number of phenolic OH excluding ortho intramolecular Hbond substituents is 1. The molecule has 3 aromatic rings. The lowest BCUT2D eigenvalue weighted by Gasteiger charge is -2.22. The fraction of sp³-hybridized carbons (Fsp3) is 0.355. The van der Waals surface area contributed by atoms with Crippen molar-refractivity contribution in [1.29, 1.82) is 0 Å². The third kappa shape index (κ3) is 9.20. The summed E-state index contributed by atoms with van der Waals surface area (Å²) in [5.74, 6) is -3.73. The maximum atomic E-state index is 13.4. The Morgan fingerprint density at radius 2 is 1.55 bits per heavy atom. The molecule has 0 aromatic heterocycles. The van der Waals surface area contributed by atoms with Gasteiger partial charge >= 0.3 is 5.97 Å². The molecule has 3 atom stereocenters. The van der Waals surface area contributed by atoms with Crippen molar-refractivity contribution < 1.29 is 29.4 Å². The highest BCUT2D eigenvalue weighted by Crippen LogP contribution is 2.21. The van der Waals surface area contributed by atoms with E-state index in [0.29, 0.717) is 13.0 Å². The second kappa shape index (κ2) is 15.2. The van der Waals surface area contributed by atoms with E-state index in [-0.39, 0.29) is 49.4 Å². The summed E-state index contributed by atoms with van der Waals surface area (Å²) in [5.41, 5.74) is 7.08. The van der Waals surface area contributed by atoms with Crippen LogP contribution in [0.5, 0.6) is 5.75 Å². The summed E-state index contributed by atoms with van der Waals surface area (Å²) >= 11 is 4.22. The van der Waals surface area contributed by atoms with Gasteiger partial charge in [-0.25, -0.2) is 0 Å². The number of carbonyl (C=O) groups is 4. The normalized spacial score (nSPS) is 13.3. The number of amides is 1. The summed E-state index contributed by atoms with van der Waals surface area (Å²) in [6.07, 6.45) is 0.803. The van der Waals surface area contributed by atoms with Crippen molar-refractivity contribution in [2.45, 2.75) is 44.6 Å². The van der Waals surface area contributed by atoms with Gasteiger partial charge in [-0.3, -0.25) is 19.2 Å². The number of hydrogen-bond acceptors (Lipinski definition) is 7. The van der Waals surface area contributed by atoms with Gasteiger partial charge in [-0.05, 0) is 59.8 Å². The molecule has 1 amide bonds. The maximum Gasteiger partial charge on any atom is 0.306 e. The van der Waals surface area contributed by atoms with E-state index in [0.717, 1.165) is 21.9 Å². The van der Waals surface area contributed by atoms with Crippen LogP contribution in [0.15, 0.2) is 66.7 Å². The largest absolute Gasteiger partial charge is 0.508 e. The number of nitrogens with one attached hydrogen (secondary N) is 1. The Morgan fingerprint density at radius 1 is 0.875 bits per heavy atom. The Balaban J connectivity index is 1.73. The van der Waals surface area contributed by atoms with Crippen LogP contribution in [0.3, 0.4) is 0 Å². The third-order valence-corrected chi connectivity index (χ3v) is 7.28. The number of rotatable bonds is 16. The zero-order chi connectivity index (χ0) is 29.1. The summed E-state index contributed by atoms with van der Waals surface area (Å²) in [6, 6.07) is 19.1. The molecule has 0 radical (unpaired) electrons. The molecule has 5 N–H and O–H groups in total. The number of carboxylic acids is 1. The molecule has 0 bridgehead atoms. The topological polar surface area (TPSA) is 147 Å². The van der Waals surface area contributed by atoms with Gasteiger partial charge in [0, 0.05) is 30.9 Å². The predicted molar refractivity (Wildman–Crippen MR) is 157 cm³/mol. The minimum Gasteiger partial charge on any atom is -0.508 e. The van der Waals surface area contributed by atoms with Crippen LogP contribution < -0.4 is 11.1 Å². The van der Waals surface area contributed by atoms with Gasteiger partial charge in [-0.2, -0.15) is 12.6 Å². The number of aliphatic carboxylic acids is 1. The number of aromatic hydroxyl groups is 1. The molecule has 8 nitrogen and oxygen atoms in total. The molecule has 0 heterocycles. The number of carboxylic acid groups (broad SMARTS) is 1. The number of phenols is 1. The molecule has 0 aliphatic heterocycles. The first-order chi connectivity index (χ1) is 19.2. The van der Waals surface area contributed by atoms with Crippen LogP contribution in [0.4, 0.5) is 0 Å². The number of Topliss-reactive ketones (excluding diaryl/α,β-unsaturated/α-hetero) is 2. The molecule has 0 aliphatic carbocycles. The number of thiol groups is 1. The second-order valence-corrected chi connectivity index (χ2v) is 10.4. The fourth-order valence-corrected chi connectivity index (χ4v) is 4.97. The lowest BCUT2D eigenvalue weighted by molar-refractivity contribution is -0.144. The summed E-state index contributed by atoms with van der Waals surface area (Å²) in [7, 11) is 0. The van der Waals surface area contributed by atoms with Crippen molar-refractivity contribution >= 4 is 46.8 Å². The highest BCUT2D eigenvalue weighted by atomic mass is 32.1. The second-order valence-electron chi connectivity index (χ2n) is 10.0. The van der Waals surface area contributed by atoms with Gasteiger partial charge in [-0.15, -0.1) is 0 Å². The van der Waals surface area contributed by atoms with Crippen LogP contribution in [-0.4, -0.2) is 52.0 Å². The van der Waals surface area contributed by atoms with Crippen LogP contribution in [-0.2, 0) is 32.0 Å². The lowest BCUT2D eigenvalue weighted by Crippen LogP contribution is -2.46. The Bertz CT molecular complexity index is 1330. The zero-order valence-corrected chi connectivity index (χ0v) is 23.2. The zero-order valence-electron chi connectivity index (χ0n) is 22.3. The van der Waals surface area contributed by atoms with E-state index in [2.05, 4.69) is 17.9 Å². The van der Waals surface area contributed by atoms with Crippen molar-refractivity contribution in [1.82, 2.24) is 5.32 Å². The lowest BCUT2D eigenvalue weighted by atomic mass is 9.90. The number of nitrogens with two attached hydrogens (primary N) is 1. The quantitative estimate of drug-likeness (QED) is 0.167. The molecule has 3 rings (SSSR count). The molecule has 9 heteroatoms. The standard InChI is InChI=1S/C31H36N2O6S/c32-13-3-6-24(31(38)39)18-29(36)28(19-40)33-30(37)25(14-20-8-11-26(34)12-9-20)17-27(35)16-21-7-10-22-4-1-2-5-23(22)15-21/h1-2,4-5,7-12,15,24-25,28,34,40H,3,6,13-14,16-19,32H2,(H,33,37)(H,38,39)/t24?,25?,28-/m0/s1. The van der Waals surface area contributed by atoms with Crippen molar-refractivity contribution in [2.24, 2.45) is 17.6 Å². The molecule has 0 saturated heterocycles. The number of ketones is 2. The Morgan fingerprint density at radius 3 is 2.20 bits per heavy atom. The molecule has 3 aromatic carbocycles. The van der Waals surface area contributed by atoms with Crippen LogP contribution in [0, 0.1) is 11.8 Å². The van der Waals surface area contributed by atoms with Gasteiger partial charge in [0.15, 0.2) is 5.78 Å². The third-order valence-electron chi connectivity index (χ3n) is 6.92. The SMILES string of the molecule is NCCCC(CC(=O)[C@H](CS)NC(=O)C(CC(=O)Cc1ccc2ccccc2c1)Cc1ccc(O)cc1)C(=O)O. The number of carbonyl (C=O) groups excluding carboxylic acids is 3. The van der Waals surface area contributed by atoms with Crippen LogP contribution in [0.1, 0.15) is 36.8 Å². The predicted octanol–water partition coefficient (Wildman–Crippen LogP) is 3.72. The van der Waals surface area contributed by atoms with Gasteiger partial charge in [0.25, 0.3) is 0 Å². The van der Waals surface area contributed by atoms with Gasteiger partial charge in [0.2, 0.25) is 5.91 Å². The molecular formula is C31H36N2O6S. The van der Waals surface area contributed by atoms with E-state index in [1.807, 2.05) is 42.5 Å². The summed E-state index contributed by atoms with van der Waals surface area (Å²) < 4.78 is 0. The van der Waals surface area contributed by atoms with Crippen LogP contribution in [0.25, 0.3) is 10.8 Å². The van der Waals surface area contributed by atoms with E-state index in [1.54, 1.807) is 12.1 Å². The van der Waals surface area contributed by atoms with E-state index in [9.17, 15) is 29.4 Å². The van der Waals surface area contributed by atoms with Crippen molar-refractivity contribution in [3.8, 4) is 5.75 Å². The van der Waals surface area contributed by atoms with Gasteiger partial charge in [-0.1, -0.05) is 54.6 Å². The minimum atomic E-state index is -1.09. The van der Waals surface area contributed by atoms with E-state index < -0.39 is 35.5 Å². The Kier molecular flexibility index (Phi) is 11.7. The molecule has 0 saturated carbocycles. The molecule has 2 unspecified atom stereocenters. The van der Waals surface area contributed by atoms with E-state index in [4.69, 9.17) is 5.73 Å². The molecule has 40 heavy (non-hydrogen) atoms. The van der Waals surface area contributed by atoms with Gasteiger partial charge in [0.05, 0.1) is 12.0 Å². The van der Waals surface area contributed by atoms with Crippen molar-refractivity contribution in [2.75, 3.05) is 12.3 Å². The molecule has 0 aliphatic rings. The van der Waals surface area contributed by atoms with Crippen LogP contribution in [0.2, 0.25) is 0 Å². The Labute approximate surface area is 239 Å². The average Bonchev–Trinajstić information content (AvgIpc) is 2.94. The summed E-state index contributed by atoms with van der Waals surface area (Å²) in [5, 5.41) is 23.9. The van der Waals surface area contributed by atoms with E-state index >= 15 is 0 Å². The fourth-order valence-electron chi connectivity index (χ4n) is 4.68. The van der Waals surface area contributed by atoms with Gasteiger partial charge < -0.3 is 21.3 Å². The number of hydrogen-bond donors (Lipinski definition) is 5. The minimum absolute atomic E-state index is 0.00916. The number of fused-ring (bicyclic) bond motifs is 1. The smallest absolute Gasteiger partial charge is 0.306 e. The number of benzene rings is 3. The Hall–Kier alpha value is -3.69. The first-order valence-corrected chi connectivity index (χ1v) is 14.0. The van der Waals surface area contributed by atoms with Gasteiger partial charge in [0.1, 0.15) is 11.5 Å². The van der Waals surface area contributed by atoms with Crippen molar-refractivity contribution in [3.05, 3.63) is 77.9 Å². The molecular weight excluding hydrogens is 528 g/mol. The highest BCUT2D eigenvalue weighted by molar-refractivity contribution is 7.80. The first-order valence-electron chi connectivity index (χ1n) is 13.3. The highest BCUT2D eigenvalue weighted by Gasteiger charge is 2.29. The molecule has 0 fully saturated rings. The van der Waals surface area contributed by atoms with Crippen molar-refractivity contribution in [3.63, 3.8) is 0 Å². The summed E-state index contributed by atoms with van der Waals surface area (Å²) in [6.45, 7) is 0.316. The van der Waals surface area contributed by atoms with E-state index in [1.165, 1.54) is 12.1 Å².